The predicted octanol–water partition coefficient (Wildman–Crippen LogP) is -2.89. The van der Waals surface area contributed by atoms with Crippen LogP contribution in [0.25, 0.3) is 0 Å². The van der Waals surface area contributed by atoms with Gasteiger partial charge >= 0.3 is 12.0 Å². The minimum absolute atomic E-state index is 0.0541. The van der Waals surface area contributed by atoms with E-state index >= 15 is 0 Å². The molecule has 0 spiro atoms. The van der Waals surface area contributed by atoms with Crippen LogP contribution in [0, 0.1) is 0 Å². The van der Waals surface area contributed by atoms with Crippen LogP contribution in [-0.4, -0.2) is 62.1 Å². The van der Waals surface area contributed by atoms with Crippen molar-refractivity contribution in [2.45, 2.75) is 37.6 Å². The van der Waals surface area contributed by atoms with Gasteiger partial charge in [0.15, 0.2) is 11.9 Å². The SMILES string of the molecule is C[C@@H](O)[C@H](NC(=O)NC(CC(N)=O)c1nc([C@@H](N)CO)no1)C(=O)O. The maximum absolute atomic E-state index is 11.9. The van der Waals surface area contributed by atoms with Crippen LogP contribution in [0.1, 0.15) is 37.1 Å². The van der Waals surface area contributed by atoms with Crippen LogP contribution < -0.4 is 22.1 Å². The molecule has 0 saturated carbocycles. The molecule has 0 saturated heterocycles. The summed E-state index contributed by atoms with van der Waals surface area (Å²) in [5, 5.41) is 35.0. The summed E-state index contributed by atoms with van der Waals surface area (Å²) in [6, 6.07) is -4.67. The van der Waals surface area contributed by atoms with Crippen molar-refractivity contribution in [3.8, 4) is 0 Å². The van der Waals surface area contributed by atoms with Gasteiger partial charge < -0.3 is 41.9 Å². The number of aliphatic hydroxyl groups is 2. The Morgan fingerprint density at radius 2 is 1.96 bits per heavy atom. The topological polar surface area (TPSA) is 227 Å². The molecule has 9 N–H and O–H groups in total. The number of nitrogens with one attached hydrogen (secondary N) is 2. The summed E-state index contributed by atoms with van der Waals surface area (Å²) < 4.78 is 4.88. The number of hydrogen-bond donors (Lipinski definition) is 7. The van der Waals surface area contributed by atoms with E-state index in [0.717, 1.165) is 0 Å². The van der Waals surface area contributed by atoms with Crippen molar-refractivity contribution in [2.75, 3.05) is 6.61 Å². The van der Waals surface area contributed by atoms with Crippen molar-refractivity contribution in [1.82, 2.24) is 20.8 Å². The fourth-order valence-corrected chi connectivity index (χ4v) is 1.75. The van der Waals surface area contributed by atoms with E-state index in [4.69, 9.17) is 26.2 Å². The minimum Gasteiger partial charge on any atom is -0.480 e. The maximum Gasteiger partial charge on any atom is 0.328 e. The quantitative estimate of drug-likeness (QED) is 0.238. The Morgan fingerprint density at radius 3 is 2.44 bits per heavy atom. The summed E-state index contributed by atoms with van der Waals surface area (Å²) in [5.74, 6) is -2.52. The zero-order valence-corrected chi connectivity index (χ0v) is 13.2. The minimum atomic E-state index is -1.57. The molecular weight excluding hydrogens is 340 g/mol. The summed E-state index contributed by atoms with van der Waals surface area (Å²) in [5.41, 5.74) is 10.6. The molecular formula is C12H20N6O7. The lowest BCUT2D eigenvalue weighted by Gasteiger charge is -2.19. The van der Waals surface area contributed by atoms with E-state index in [-0.39, 0.29) is 11.7 Å². The third kappa shape index (κ3) is 5.98. The molecule has 25 heavy (non-hydrogen) atoms. The van der Waals surface area contributed by atoms with Crippen molar-refractivity contribution in [3.63, 3.8) is 0 Å². The highest BCUT2D eigenvalue weighted by Crippen LogP contribution is 2.16. The van der Waals surface area contributed by atoms with E-state index in [0.29, 0.717) is 0 Å². The predicted molar refractivity (Wildman–Crippen MR) is 79.6 cm³/mol. The number of nitrogens with zero attached hydrogens (tertiary/aromatic N) is 2. The van der Waals surface area contributed by atoms with Gasteiger partial charge in [0.2, 0.25) is 11.8 Å². The van der Waals surface area contributed by atoms with Crippen molar-refractivity contribution < 1.29 is 34.2 Å². The van der Waals surface area contributed by atoms with Crippen molar-refractivity contribution in [1.29, 1.82) is 0 Å². The Morgan fingerprint density at radius 1 is 1.32 bits per heavy atom. The van der Waals surface area contributed by atoms with E-state index in [9.17, 15) is 19.5 Å². The maximum atomic E-state index is 11.9. The van der Waals surface area contributed by atoms with Gasteiger partial charge in [-0.1, -0.05) is 5.16 Å². The number of carboxylic acid groups (broad SMARTS) is 1. The molecule has 0 aromatic carbocycles. The highest BCUT2D eigenvalue weighted by Gasteiger charge is 2.29. The first-order chi connectivity index (χ1) is 11.6. The second-order valence-corrected chi connectivity index (χ2v) is 5.18. The first kappa shape index (κ1) is 20.3. The number of rotatable bonds is 9. The van der Waals surface area contributed by atoms with Gasteiger partial charge in [-0.2, -0.15) is 4.98 Å². The molecule has 4 atom stereocenters. The van der Waals surface area contributed by atoms with Gasteiger partial charge in [-0.05, 0) is 6.92 Å². The summed E-state index contributed by atoms with van der Waals surface area (Å²) in [4.78, 5) is 37.9. The van der Waals surface area contributed by atoms with Crippen LogP contribution in [0.3, 0.4) is 0 Å². The molecule has 0 aliphatic heterocycles. The summed E-state index contributed by atoms with van der Waals surface area (Å²) in [7, 11) is 0. The average molecular weight is 360 g/mol. The molecule has 1 rings (SSSR count). The molecule has 1 aromatic rings. The van der Waals surface area contributed by atoms with E-state index in [1.165, 1.54) is 6.92 Å². The van der Waals surface area contributed by atoms with E-state index in [1.54, 1.807) is 0 Å². The number of carbonyl (C=O) groups is 3. The lowest BCUT2D eigenvalue weighted by atomic mass is 10.2. The van der Waals surface area contributed by atoms with Crippen LogP contribution >= 0.6 is 0 Å². The van der Waals surface area contributed by atoms with Crippen LogP contribution in [0.4, 0.5) is 4.79 Å². The highest BCUT2D eigenvalue weighted by atomic mass is 16.5. The van der Waals surface area contributed by atoms with Gasteiger partial charge in [-0.25, -0.2) is 9.59 Å². The number of hydrogen-bond acceptors (Lipinski definition) is 9. The summed E-state index contributed by atoms with van der Waals surface area (Å²) >= 11 is 0. The first-order valence-electron chi connectivity index (χ1n) is 7.11. The number of primary amides is 1. The molecule has 13 heteroatoms. The van der Waals surface area contributed by atoms with Crippen molar-refractivity contribution >= 4 is 17.9 Å². The zero-order valence-electron chi connectivity index (χ0n) is 13.2. The van der Waals surface area contributed by atoms with Gasteiger partial charge in [0.1, 0.15) is 6.04 Å². The van der Waals surface area contributed by atoms with Gasteiger partial charge in [-0.15, -0.1) is 0 Å². The van der Waals surface area contributed by atoms with Crippen LogP contribution in [-0.2, 0) is 9.59 Å². The number of carboxylic acids is 1. The number of urea groups is 1. The highest BCUT2D eigenvalue weighted by molar-refractivity contribution is 5.83. The molecule has 3 amide bonds. The second kappa shape index (κ2) is 8.91. The third-order valence-electron chi connectivity index (χ3n) is 3.03. The molecule has 0 aliphatic rings. The molecule has 0 bridgehead atoms. The molecule has 0 aliphatic carbocycles. The number of amides is 3. The zero-order chi connectivity index (χ0) is 19.1. The number of aliphatic hydroxyl groups excluding tert-OH is 2. The van der Waals surface area contributed by atoms with E-state index in [1.807, 2.05) is 5.32 Å². The van der Waals surface area contributed by atoms with Crippen molar-refractivity contribution in [3.05, 3.63) is 11.7 Å². The second-order valence-electron chi connectivity index (χ2n) is 5.18. The lowest BCUT2D eigenvalue weighted by molar-refractivity contribution is -0.141. The van der Waals surface area contributed by atoms with Crippen LogP contribution in [0.15, 0.2) is 4.52 Å². The Balaban J connectivity index is 2.89. The summed E-state index contributed by atoms with van der Waals surface area (Å²) in [6.07, 6.45) is -1.79. The Bertz CT molecular complexity index is 619. The first-order valence-corrected chi connectivity index (χ1v) is 7.11. The Kier molecular flexibility index (Phi) is 7.22. The number of aromatic nitrogens is 2. The lowest BCUT2D eigenvalue weighted by Crippen LogP contribution is -2.52. The van der Waals surface area contributed by atoms with Gasteiger partial charge in [0.25, 0.3) is 0 Å². The monoisotopic (exact) mass is 360 g/mol. The number of nitrogens with two attached hydrogens (primary N) is 2. The van der Waals surface area contributed by atoms with E-state index in [2.05, 4.69) is 15.5 Å². The van der Waals surface area contributed by atoms with Gasteiger partial charge in [0, 0.05) is 0 Å². The fraction of sp³-hybridized carbons (Fsp3) is 0.583. The largest absolute Gasteiger partial charge is 0.480 e. The van der Waals surface area contributed by atoms with Crippen molar-refractivity contribution in [2.24, 2.45) is 11.5 Å². The van der Waals surface area contributed by atoms with Crippen LogP contribution in [0.2, 0.25) is 0 Å². The normalized spacial score (nSPS) is 15.7. The smallest absolute Gasteiger partial charge is 0.328 e. The number of carbonyl (C=O) groups excluding carboxylic acids is 2. The molecule has 0 radical (unpaired) electrons. The molecule has 140 valence electrons. The summed E-state index contributed by atoms with van der Waals surface area (Å²) in [6.45, 7) is 0.725. The molecule has 1 heterocycles. The molecule has 1 unspecified atom stereocenters. The molecule has 1 aromatic heterocycles. The van der Waals surface area contributed by atoms with E-state index < -0.39 is 55.2 Å². The average Bonchev–Trinajstić information content (AvgIpc) is 3.00. The Labute approximate surface area is 141 Å². The Hall–Kier alpha value is -2.77. The molecule has 0 fully saturated rings. The molecule has 13 nitrogen and oxygen atoms in total. The van der Waals surface area contributed by atoms with Gasteiger partial charge in [-0.3, -0.25) is 4.79 Å². The number of aliphatic carboxylic acids is 1. The fourth-order valence-electron chi connectivity index (χ4n) is 1.75. The van der Waals surface area contributed by atoms with Crippen LogP contribution in [0.5, 0.6) is 0 Å². The standard InChI is InChI=1S/C12H20N6O7/c1-4(20)8(11(22)23)16-12(24)15-6(2-7(14)21)10-17-9(18-25-10)5(13)3-19/h4-6,8,19-20H,2-3,13H2,1H3,(H2,14,21)(H,22,23)(H2,15,16,24)/t4-,5+,6?,8+/m1/s1. The third-order valence-corrected chi connectivity index (χ3v) is 3.03. The van der Waals surface area contributed by atoms with Gasteiger partial charge in [0.05, 0.1) is 25.2 Å².